The van der Waals surface area contributed by atoms with Crippen LogP contribution < -0.4 is 5.73 Å². The molecule has 3 rings (SSSR count). The largest absolute Gasteiger partial charge is 0.330 e. The van der Waals surface area contributed by atoms with Crippen LogP contribution in [0.1, 0.15) is 36.0 Å². The molecular formula is C16H18N2O. The summed E-state index contributed by atoms with van der Waals surface area (Å²) in [5.41, 5.74) is 7.43. The van der Waals surface area contributed by atoms with E-state index in [1.165, 1.54) is 6.42 Å². The van der Waals surface area contributed by atoms with Gasteiger partial charge in [0.25, 0.3) is 0 Å². The van der Waals surface area contributed by atoms with E-state index in [4.69, 9.17) is 5.73 Å². The van der Waals surface area contributed by atoms with Crippen LogP contribution in [0.2, 0.25) is 0 Å². The smallest absolute Gasteiger partial charge is 0.165 e. The first-order valence-electron chi connectivity index (χ1n) is 6.81. The summed E-state index contributed by atoms with van der Waals surface area (Å²) < 4.78 is 0. The quantitative estimate of drug-likeness (QED) is 0.853. The number of ketones is 1. The highest BCUT2D eigenvalue weighted by Gasteiger charge is 2.37. The van der Waals surface area contributed by atoms with Crippen LogP contribution in [-0.4, -0.2) is 17.3 Å². The maximum atomic E-state index is 12.5. The summed E-state index contributed by atoms with van der Waals surface area (Å²) in [7, 11) is 0. The maximum Gasteiger partial charge on any atom is 0.165 e. The molecule has 0 saturated heterocycles. The first-order valence-corrected chi connectivity index (χ1v) is 6.81. The van der Waals surface area contributed by atoms with Gasteiger partial charge in [-0.15, -0.1) is 0 Å². The van der Waals surface area contributed by atoms with E-state index in [9.17, 15) is 4.79 Å². The molecule has 0 unspecified atom stereocenters. The number of carbonyl (C=O) groups is 1. The van der Waals surface area contributed by atoms with Gasteiger partial charge in [-0.3, -0.25) is 9.78 Å². The maximum absolute atomic E-state index is 12.5. The molecule has 0 radical (unpaired) electrons. The Morgan fingerprint density at radius 3 is 2.74 bits per heavy atom. The molecular weight excluding hydrogens is 236 g/mol. The second kappa shape index (κ2) is 4.74. The number of fused-ring (bicyclic) bond motifs is 1. The molecule has 0 amide bonds. The van der Waals surface area contributed by atoms with Gasteiger partial charge in [0, 0.05) is 23.6 Å². The minimum atomic E-state index is 0.0496. The minimum absolute atomic E-state index is 0.0496. The van der Waals surface area contributed by atoms with Crippen molar-refractivity contribution in [2.45, 2.75) is 25.7 Å². The van der Waals surface area contributed by atoms with Crippen molar-refractivity contribution in [3.05, 3.63) is 42.1 Å². The van der Waals surface area contributed by atoms with Gasteiger partial charge in [-0.2, -0.15) is 0 Å². The fourth-order valence-corrected chi connectivity index (χ4v) is 2.89. The fraction of sp³-hybridized carbons (Fsp3) is 0.375. The highest BCUT2D eigenvalue weighted by atomic mass is 16.1. The van der Waals surface area contributed by atoms with E-state index in [0.717, 1.165) is 29.3 Å². The van der Waals surface area contributed by atoms with E-state index in [0.29, 0.717) is 13.0 Å². The van der Waals surface area contributed by atoms with Crippen LogP contribution in [0.5, 0.6) is 0 Å². The van der Waals surface area contributed by atoms with Crippen molar-refractivity contribution in [1.29, 1.82) is 0 Å². The second-order valence-electron chi connectivity index (χ2n) is 5.54. The molecule has 0 atom stereocenters. The van der Waals surface area contributed by atoms with Gasteiger partial charge >= 0.3 is 0 Å². The van der Waals surface area contributed by atoms with Gasteiger partial charge in [0.1, 0.15) is 0 Å². The number of hydrogen-bond donors (Lipinski definition) is 1. The molecule has 2 N–H and O–H groups in total. The lowest BCUT2D eigenvalue weighted by molar-refractivity contribution is 0.0787. The Bertz CT molecular complexity index is 606. The van der Waals surface area contributed by atoms with Gasteiger partial charge in [-0.1, -0.05) is 24.6 Å². The van der Waals surface area contributed by atoms with E-state index < -0.39 is 0 Å². The van der Waals surface area contributed by atoms with Gasteiger partial charge < -0.3 is 5.73 Å². The van der Waals surface area contributed by atoms with Gasteiger partial charge in [0.05, 0.1) is 5.52 Å². The summed E-state index contributed by atoms with van der Waals surface area (Å²) in [5, 5.41) is 1.02. The molecule has 98 valence electrons. The van der Waals surface area contributed by atoms with Crippen LogP contribution >= 0.6 is 0 Å². The molecule has 1 heterocycles. The molecule has 0 aliphatic heterocycles. The third kappa shape index (κ3) is 2.15. The molecule has 0 spiro atoms. The Hall–Kier alpha value is -1.74. The summed E-state index contributed by atoms with van der Waals surface area (Å²) in [4.78, 5) is 16.9. The molecule has 1 fully saturated rings. The lowest BCUT2D eigenvalue weighted by Crippen LogP contribution is -2.39. The normalized spacial score (nSPS) is 17.1. The first kappa shape index (κ1) is 12.3. The van der Waals surface area contributed by atoms with Crippen LogP contribution in [-0.2, 0) is 0 Å². The van der Waals surface area contributed by atoms with Gasteiger partial charge in [-0.25, -0.2) is 0 Å². The molecule has 3 heteroatoms. The van der Waals surface area contributed by atoms with Crippen LogP contribution in [0.15, 0.2) is 36.5 Å². The molecule has 2 aromatic rings. The average Bonchev–Trinajstić information content (AvgIpc) is 2.42. The number of nitrogens with zero attached hydrogens (tertiary/aromatic N) is 1. The molecule has 19 heavy (non-hydrogen) atoms. The number of carbonyl (C=O) groups excluding carboxylic acids is 1. The Balaban J connectivity index is 1.93. The zero-order chi connectivity index (χ0) is 13.3. The van der Waals surface area contributed by atoms with Gasteiger partial charge in [0.2, 0.25) is 0 Å². The first-order chi connectivity index (χ1) is 9.24. The van der Waals surface area contributed by atoms with E-state index in [-0.39, 0.29) is 11.2 Å². The van der Waals surface area contributed by atoms with Crippen LogP contribution in [0.3, 0.4) is 0 Å². The van der Waals surface area contributed by atoms with Crippen LogP contribution in [0.25, 0.3) is 10.9 Å². The second-order valence-corrected chi connectivity index (χ2v) is 5.54. The molecule has 0 bridgehead atoms. The van der Waals surface area contributed by atoms with Gasteiger partial charge in [-0.05, 0) is 36.9 Å². The standard InChI is InChI=1S/C16H18N2O/c17-11-16(7-3-8-16)10-14(19)13-6-1-4-12-5-2-9-18-15(12)13/h1-2,4-6,9H,3,7-8,10-11,17H2. The number of aromatic nitrogens is 1. The van der Waals surface area contributed by atoms with Crippen molar-refractivity contribution in [2.75, 3.05) is 6.54 Å². The minimum Gasteiger partial charge on any atom is -0.330 e. The van der Waals surface area contributed by atoms with E-state index in [1.807, 2.05) is 30.3 Å². The lowest BCUT2D eigenvalue weighted by Gasteiger charge is -2.40. The zero-order valence-electron chi connectivity index (χ0n) is 10.9. The highest BCUT2D eigenvalue weighted by molar-refractivity contribution is 6.06. The molecule has 1 aliphatic rings. The van der Waals surface area contributed by atoms with Crippen molar-refractivity contribution >= 4 is 16.7 Å². The molecule has 1 aromatic carbocycles. The van der Waals surface area contributed by atoms with Crippen molar-refractivity contribution < 1.29 is 4.79 Å². The third-order valence-corrected chi connectivity index (χ3v) is 4.32. The molecule has 1 aromatic heterocycles. The molecule has 1 saturated carbocycles. The van der Waals surface area contributed by atoms with Crippen molar-refractivity contribution in [3.8, 4) is 0 Å². The predicted molar refractivity (Wildman–Crippen MR) is 76.0 cm³/mol. The fourth-order valence-electron chi connectivity index (χ4n) is 2.89. The number of nitrogens with two attached hydrogens (primary N) is 1. The van der Waals surface area contributed by atoms with Gasteiger partial charge in [0.15, 0.2) is 5.78 Å². The van der Waals surface area contributed by atoms with Crippen molar-refractivity contribution in [3.63, 3.8) is 0 Å². The Labute approximate surface area is 112 Å². The van der Waals surface area contributed by atoms with E-state index >= 15 is 0 Å². The van der Waals surface area contributed by atoms with Crippen molar-refractivity contribution in [2.24, 2.45) is 11.1 Å². The number of pyridine rings is 1. The zero-order valence-corrected chi connectivity index (χ0v) is 10.9. The Kier molecular flexibility index (Phi) is 3.07. The van der Waals surface area contributed by atoms with Crippen LogP contribution in [0, 0.1) is 5.41 Å². The van der Waals surface area contributed by atoms with Crippen LogP contribution in [0.4, 0.5) is 0 Å². The number of benzene rings is 1. The van der Waals surface area contributed by atoms with E-state index in [1.54, 1.807) is 6.20 Å². The average molecular weight is 254 g/mol. The monoisotopic (exact) mass is 254 g/mol. The highest BCUT2D eigenvalue weighted by Crippen LogP contribution is 2.43. The topological polar surface area (TPSA) is 56.0 Å². The van der Waals surface area contributed by atoms with Crippen molar-refractivity contribution in [1.82, 2.24) is 4.98 Å². The summed E-state index contributed by atoms with van der Waals surface area (Å²) in [6.45, 7) is 0.608. The summed E-state index contributed by atoms with van der Waals surface area (Å²) in [6.07, 6.45) is 5.64. The number of para-hydroxylation sites is 1. The number of rotatable bonds is 4. The summed E-state index contributed by atoms with van der Waals surface area (Å²) in [5.74, 6) is 0.175. The van der Waals surface area contributed by atoms with E-state index in [2.05, 4.69) is 4.98 Å². The number of Topliss-reactive ketones (excluding diaryl/α,β-unsaturated/α-hetero) is 1. The molecule has 1 aliphatic carbocycles. The Morgan fingerprint density at radius 1 is 1.26 bits per heavy atom. The SMILES string of the molecule is NCC1(CC(=O)c2cccc3cccnc23)CCC1. The molecule has 3 nitrogen and oxygen atoms in total. The summed E-state index contributed by atoms with van der Waals surface area (Å²) >= 11 is 0. The predicted octanol–water partition coefficient (Wildman–Crippen LogP) is 2.94. The third-order valence-electron chi connectivity index (χ3n) is 4.32. The summed E-state index contributed by atoms with van der Waals surface area (Å²) in [6, 6.07) is 9.67. The lowest BCUT2D eigenvalue weighted by atomic mass is 9.65. The number of hydrogen-bond acceptors (Lipinski definition) is 3. The Morgan fingerprint density at radius 2 is 2.05 bits per heavy atom.